The van der Waals surface area contributed by atoms with Crippen LogP contribution in [0.3, 0.4) is 0 Å². The number of likely N-dealkylation sites (N-methyl/N-ethyl adjacent to an activating group) is 1. The Labute approximate surface area is 132 Å². The monoisotopic (exact) mass is 338 g/mol. The van der Waals surface area contributed by atoms with Gasteiger partial charge in [-0.2, -0.15) is 0 Å². The van der Waals surface area contributed by atoms with Crippen LogP contribution >= 0.6 is 15.9 Å². The fourth-order valence-electron chi connectivity index (χ4n) is 3.11. The molecule has 1 N–H and O–H groups in total. The average molecular weight is 339 g/mol. The van der Waals surface area contributed by atoms with Gasteiger partial charge in [0.25, 0.3) is 0 Å². The zero-order chi connectivity index (χ0) is 14.5. The van der Waals surface area contributed by atoms with Gasteiger partial charge in [0.2, 0.25) is 0 Å². The van der Waals surface area contributed by atoms with E-state index in [9.17, 15) is 0 Å². The van der Waals surface area contributed by atoms with Crippen LogP contribution in [0.4, 0.5) is 0 Å². The van der Waals surface area contributed by atoms with E-state index in [2.05, 4.69) is 71.2 Å². The third-order valence-corrected chi connectivity index (χ3v) is 4.90. The van der Waals surface area contributed by atoms with E-state index in [0.717, 1.165) is 25.6 Å². The third-order valence-electron chi connectivity index (χ3n) is 4.40. The summed E-state index contributed by atoms with van der Waals surface area (Å²) >= 11 is 3.56. The van der Waals surface area contributed by atoms with E-state index < -0.39 is 0 Å². The van der Waals surface area contributed by atoms with E-state index in [0.29, 0.717) is 12.1 Å². The predicted octanol–water partition coefficient (Wildman–Crippen LogP) is 4.02. The average Bonchev–Trinajstić information content (AvgIpc) is 2.39. The number of hydrogen-bond donors (Lipinski definition) is 1. The van der Waals surface area contributed by atoms with Crippen LogP contribution in [0.15, 0.2) is 28.7 Å². The van der Waals surface area contributed by atoms with Crippen molar-refractivity contribution in [2.24, 2.45) is 0 Å². The first-order chi connectivity index (χ1) is 9.62. The van der Waals surface area contributed by atoms with E-state index in [-0.39, 0.29) is 0 Å². The summed E-state index contributed by atoms with van der Waals surface area (Å²) < 4.78 is 1.20. The Kier molecular flexibility index (Phi) is 6.06. The van der Waals surface area contributed by atoms with Crippen LogP contribution in [-0.4, -0.2) is 36.6 Å². The Balaban J connectivity index is 1.74. The van der Waals surface area contributed by atoms with Crippen molar-refractivity contribution < 1.29 is 0 Å². The quantitative estimate of drug-likeness (QED) is 0.807. The van der Waals surface area contributed by atoms with E-state index in [1.165, 1.54) is 22.9 Å². The summed E-state index contributed by atoms with van der Waals surface area (Å²) in [4.78, 5) is 2.49. The molecule has 1 aliphatic carbocycles. The maximum Gasteiger partial charge on any atom is 0.0178 e. The maximum absolute atomic E-state index is 3.78. The molecule has 112 valence electrons. The largest absolute Gasteiger partial charge is 0.310 e. The molecule has 20 heavy (non-hydrogen) atoms. The minimum absolute atomic E-state index is 0.586. The molecule has 1 fully saturated rings. The van der Waals surface area contributed by atoms with Crippen molar-refractivity contribution in [1.29, 1.82) is 0 Å². The summed E-state index contributed by atoms with van der Waals surface area (Å²) in [5.74, 6) is 0.741. The summed E-state index contributed by atoms with van der Waals surface area (Å²) in [5.41, 5.74) is 1.48. The molecule has 3 heteroatoms. The normalized spacial score (nSPS) is 23.6. The summed E-state index contributed by atoms with van der Waals surface area (Å²) in [6.45, 7) is 10.2. The summed E-state index contributed by atoms with van der Waals surface area (Å²) in [7, 11) is 0. The van der Waals surface area contributed by atoms with Gasteiger partial charge >= 0.3 is 0 Å². The molecular weight excluding hydrogens is 312 g/mol. The zero-order valence-electron chi connectivity index (χ0n) is 12.9. The molecule has 0 radical (unpaired) electrons. The number of rotatable bonds is 7. The highest BCUT2D eigenvalue weighted by Gasteiger charge is 2.31. The van der Waals surface area contributed by atoms with Gasteiger partial charge in [-0.25, -0.2) is 0 Å². The van der Waals surface area contributed by atoms with Gasteiger partial charge in [0.1, 0.15) is 0 Å². The van der Waals surface area contributed by atoms with E-state index in [1.807, 2.05) is 0 Å². The molecule has 0 aliphatic heterocycles. The van der Waals surface area contributed by atoms with Crippen LogP contribution < -0.4 is 5.32 Å². The Morgan fingerprint density at radius 3 is 2.60 bits per heavy atom. The van der Waals surface area contributed by atoms with Crippen LogP contribution in [-0.2, 0) is 0 Å². The van der Waals surface area contributed by atoms with Gasteiger partial charge in [-0.3, -0.25) is 0 Å². The molecule has 2 rings (SSSR count). The van der Waals surface area contributed by atoms with Crippen molar-refractivity contribution in [3.63, 3.8) is 0 Å². The van der Waals surface area contributed by atoms with Gasteiger partial charge in [-0.05, 0) is 56.5 Å². The van der Waals surface area contributed by atoms with Crippen molar-refractivity contribution in [2.75, 3.05) is 19.6 Å². The van der Waals surface area contributed by atoms with Gasteiger partial charge in [0, 0.05) is 23.1 Å². The molecule has 0 aromatic heterocycles. The fourth-order valence-corrected chi connectivity index (χ4v) is 3.53. The Morgan fingerprint density at radius 2 is 2.00 bits per heavy atom. The second-order valence-electron chi connectivity index (χ2n) is 5.97. The van der Waals surface area contributed by atoms with Gasteiger partial charge in [-0.15, -0.1) is 0 Å². The first kappa shape index (κ1) is 16.0. The lowest BCUT2D eigenvalue weighted by Gasteiger charge is -2.39. The maximum atomic E-state index is 3.78. The molecule has 0 amide bonds. The number of benzene rings is 1. The minimum atomic E-state index is 0.586. The molecule has 1 aliphatic rings. The van der Waals surface area contributed by atoms with Crippen molar-refractivity contribution >= 4 is 15.9 Å². The zero-order valence-corrected chi connectivity index (χ0v) is 14.5. The second-order valence-corrected chi connectivity index (χ2v) is 6.89. The Morgan fingerprint density at radius 1 is 1.30 bits per heavy atom. The standard InChI is InChI=1S/C17H27BrN2/c1-4-20(5-2)12-13(3)19-17-10-15(11-17)14-7-6-8-16(18)9-14/h6-9,13,15,17,19H,4-5,10-12H2,1-3H3. The summed E-state index contributed by atoms with van der Waals surface area (Å²) in [5, 5.41) is 3.78. The molecule has 0 spiro atoms. The molecule has 0 saturated heterocycles. The molecule has 1 unspecified atom stereocenters. The van der Waals surface area contributed by atoms with Crippen LogP contribution in [0, 0.1) is 0 Å². The van der Waals surface area contributed by atoms with Crippen molar-refractivity contribution in [3.8, 4) is 0 Å². The lowest BCUT2D eigenvalue weighted by atomic mass is 9.75. The van der Waals surface area contributed by atoms with E-state index in [4.69, 9.17) is 0 Å². The molecule has 2 nitrogen and oxygen atoms in total. The Bertz CT molecular complexity index is 411. The molecular formula is C17H27BrN2. The SMILES string of the molecule is CCN(CC)CC(C)NC1CC(c2cccc(Br)c2)C1. The van der Waals surface area contributed by atoms with Crippen molar-refractivity contribution in [3.05, 3.63) is 34.3 Å². The number of hydrogen-bond acceptors (Lipinski definition) is 2. The lowest BCUT2D eigenvalue weighted by molar-refractivity contribution is 0.221. The van der Waals surface area contributed by atoms with Gasteiger partial charge < -0.3 is 10.2 Å². The van der Waals surface area contributed by atoms with E-state index >= 15 is 0 Å². The smallest absolute Gasteiger partial charge is 0.0178 e. The van der Waals surface area contributed by atoms with Crippen LogP contribution in [0.2, 0.25) is 0 Å². The Hall–Kier alpha value is -0.380. The topological polar surface area (TPSA) is 15.3 Å². The molecule has 1 aromatic rings. The first-order valence-corrected chi connectivity index (χ1v) is 8.65. The van der Waals surface area contributed by atoms with Crippen molar-refractivity contribution in [1.82, 2.24) is 10.2 Å². The summed E-state index contributed by atoms with van der Waals surface area (Å²) in [6, 6.07) is 10.0. The molecule has 0 heterocycles. The van der Waals surface area contributed by atoms with Crippen molar-refractivity contribution in [2.45, 2.75) is 51.6 Å². The first-order valence-electron chi connectivity index (χ1n) is 7.86. The van der Waals surface area contributed by atoms with Gasteiger partial charge in [-0.1, -0.05) is 41.9 Å². The van der Waals surface area contributed by atoms with E-state index in [1.54, 1.807) is 0 Å². The number of nitrogens with one attached hydrogen (secondary N) is 1. The number of nitrogens with zero attached hydrogens (tertiary/aromatic N) is 1. The highest BCUT2D eigenvalue weighted by Crippen LogP contribution is 2.37. The predicted molar refractivity (Wildman–Crippen MR) is 90.3 cm³/mol. The van der Waals surface area contributed by atoms with Crippen LogP contribution in [0.25, 0.3) is 0 Å². The van der Waals surface area contributed by atoms with Gasteiger partial charge in [0.05, 0.1) is 0 Å². The van der Waals surface area contributed by atoms with Crippen LogP contribution in [0.1, 0.15) is 45.1 Å². The summed E-state index contributed by atoms with van der Waals surface area (Å²) in [6.07, 6.45) is 2.55. The molecule has 1 aromatic carbocycles. The fraction of sp³-hybridized carbons (Fsp3) is 0.647. The van der Waals surface area contributed by atoms with Crippen LogP contribution in [0.5, 0.6) is 0 Å². The third kappa shape index (κ3) is 4.31. The highest BCUT2D eigenvalue weighted by molar-refractivity contribution is 9.10. The lowest BCUT2D eigenvalue weighted by Crippen LogP contribution is -2.48. The van der Waals surface area contributed by atoms with Gasteiger partial charge in [0.15, 0.2) is 0 Å². The highest BCUT2D eigenvalue weighted by atomic mass is 79.9. The number of halogens is 1. The molecule has 0 bridgehead atoms. The minimum Gasteiger partial charge on any atom is -0.310 e. The molecule has 1 atom stereocenters. The second kappa shape index (κ2) is 7.58. The molecule has 1 saturated carbocycles.